The van der Waals surface area contributed by atoms with Gasteiger partial charge in [-0.15, -0.1) is 11.6 Å². The van der Waals surface area contributed by atoms with Crippen LogP contribution >= 0.6 is 11.6 Å². The lowest BCUT2D eigenvalue weighted by molar-refractivity contribution is -0.117. The monoisotopic (exact) mass is 293 g/mol. The van der Waals surface area contributed by atoms with Gasteiger partial charge in [0.15, 0.2) is 0 Å². The Morgan fingerprint density at radius 3 is 2.95 bits per heavy atom. The quantitative estimate of drug-likeness (QED) is 0.814. The summed E-state index contributed by atoms with van der Waals surface area (Å²) in [6.07, 6.45) is 2.21. The molecule has 0 aliphatic carbocycles. The molecular formula is C14H16ClN3O2. The van der Waals surface area contributed by atoms with E-state index >= 15 is 0 Å². The third-order valence-corrected chi connectivity index (χ3v) is 3.93. The smallest absolute Gasteiger partial charge is 0.228 e. The Morgan fingerprint density at radius 1 is 1.45 bits per heavy atom. The van der Waals surface area contributed by atoms with Crippen molar-refractivity contribution in [2.45, 2.75) is 19.9 Å². The van der Waals surface area contributed by atoms with E-state index < -0.39 is 0 Å². The van der Waals surface area contributed by atoms with Crippen molar-refractivity contribution >= 4 is 23.3 Å². The van der Waals surface area contributed by atoms with E-state index in [1.165, 1.54) is 0 Å². The molecule has 2 aromatic heterocycles. The first-order valence-electron chi connectivity index (χ1n) is 6.61. The van der Waals surface area contributed by atoms with E-state index in [0.717, 1.165) is 17.3 Å². The molecule has 1 unspecified atom stereocenters. The van der Waals surface area contributed by atoms with E-state index in [9.17, 15) is 4.79 Å². The molecule has 0 N–H and O–H groups in total. The van der Waals surface area contributed by atoms with Gasteiger partial charge in [-0.25, -0.2) is 4.68 Å². The summed E-state index contributed by atoms with van der Waals surface area (Å²) >= 11 is 5.86. The number of carbonyl (C=O) groups excluding carboxylic acids is 1. The Kier molecular flexibility index (Phi) is 3.53. The maximum absolute atomic E-state index is 12.1. The standard InChI is InChI=1S/C14H16ClN3O2/c1-10-2-3-12(20-10)9-18-13(4-5-16-18)17-8-11(7-15)6-14(17)19/h2-5,11H,6-9H2,1H3. The number of carbonyl (C=O) groups is 1. The zero-order chi connectivity index (χ0) is 14.1. The first-order valence-corrected chi connectivity index (χ1v) is 7.14. The van der Waals surface area contributed by atoms with Crippen LogP contribution in [0.15, 0.2) is 28.8 Å². The Balaban J connectivity index is 1.81. The minimum atomic E-state index is 0.105. The first kappa shape index (κ1) is 13.2. The lowest BCUT2D eigenvalue weighted by atomic mass is 10.1. The Morgan fingerprint density at radius 2 is 2.30 bits per heavy atom. The molecule has 6 heteroatoms. The summed E-state index contributed by atoms with van der Waals surface area (Å²) in [5.74, 6) is 3.33. The number of rotatable bonds is 4. The molecule has 1 aliphatic heterocycles. The van der Waals surface area contributed by atoms with Crippen LogP contribution in [0, 0.1) is 12.8 Å². The van der Waals surface area contributed by atoms with Crippen LogP contribution in [0.3, 0.4) is 0 Å². The lowest BCUT2D eigenvalue weighted by Crippen LogP contribution is -2.27. The van der Waals surface area contributed by atoms with Crippen molar-refractivity contribution in [3.63, 3.8) is 0 Å². The molecule has 0 bridgehead atoms. The number of amides is 1. The van der Waals surface area contributed by atoms with Crippen molar-refractivity contribution in [3.05, 3.63) is 35.9 Å². The molecule has 1 saturated heterocycles. The molecule has 106 valence electrons. The van der Waals surface area contributed by atoms with Crippen molar-refractivity contribution in [2.24, 2.45) is 5.92 Å². The summed E-state index contributed by atoms with van der Waals surface area (Å²) in [6, 6.07) is 5.70. The fraction of sp³-hybridized carbons (Fsp3) is 0.429. The third-order valence-electron chi connectivity index (χ3n) is 3.50. The average Bonchev–Trinajstić information content (AvgIpc) is 3.11. The number of alkyl halides is 1. The van der Waals surface area contributed by atoms with Gasteiger partial charge in [0.05, 0.1) is 6.20 Å². The predicted octanol–water partition coefficient (Wildman–Crippen LogP) is 2.42. The summed E-state index contributed by atoms with van der Waals surface area (Å²) < 4.78 is 7.34. The molecule has 2 aromatic rings. The van der Waals surface area contributed by atoms with E-state index in [1.54, 1.807) is 15.8 Å². The third kappa shape index (κ3) is 2.45. The van der Waals surface area contributed by atoms with Gasteiger partial charge >= 0.3 is 0 Å². The second kappa shape index (κ2) is 5.32. The number of nitrogens with zero attached hydrogens (tertiary/aromatic N) is 3. The van der Waals surface area contributed by atoms with Crippen LogP contribution in [0.1, 0.15) is 17.9 Å². The van der Waals surface area contributed by atoms with Gasteiger partial charge in [0.1, 0.15) is 23.9 Å². The van der Waals surface area contributed by atoms with E-state index in [0.29, 0.717) is 25.4 Å². The normalized spacial score (nSPS) is 19.0. The molecule has 1 aliphatic rings. The SMILES string of the molecule is Cc1ccc(Cn2nccc2N2CC(CCl)CC2=O)o1. The summed E-state index contributed by atoms with van der Waals surface area (Å²) in [6.45, 7) is 3.08. The van der Waals surface area contributed by atoms with E-state index in [1.807, 2.05) is 25.1 Å². The molecule has 0 spiro atoms. The molecule has 0 radical (unpaired) electrons. The highest BCUT2D eigenvalue weighted by molar-refractivity contribution is 6.18. The molecule has 0 aromatic carbocycles. The molecule has 1 fully saturated rings. The molecule has 20 heavy (non-hydrogen) atoms. The topological polar surface area (TPSA) is 51.3 Å². The molecule has 1 atom stereocenters. The van der Waals surface area contributed by atoms with Gasteiger partial charge in [-0.3, -0.25) is 9.69 Å². The number of aromatic nitrogens is 2. The second-order valence-electron chi connectivity index (χ2n) is 5.09. The van der Waals surface area contributed by atoms with Crippen LogP contribution in [0.2, 0.25) is 0 Å². The summed E-state index contributed by atoms with van der Waals surface area (Å²) in [7, 11) is 0. The minimum absolute atomic E-state index is 0.105. The highest BCUT2D eigenvalue weighted by atomic mass is 35.5. The van der Waals surface area contributed by atoms with Crippen molar-refractivity contribution in [3.8, 4) is 0 Å². The Bertz CT molecular complexity index is 619. The van der Waals surface area contributed by atoms with Gasteiger partial charge in [-0.2, -0.15) is 5.10 Å². The van der Waals surface area contributed by atoms with Gasteiger partial charge < -0.3 is 4.42 Å². The van der Waals surface area contributed by atoms with Gasteiger partial charge in [-0.05, 0) is 25.0 Å². The highest BCUT2D eigenvalue weighted by Crippen LogP contribution is 2.26. The Labute approximate surface area is 122 Å². The van der Waals surface area contributed by atoms with E-state index in [-0.39, 0.29) is 11.8 Å². The number of anilines is 1. The first-order chi connectivity index (χ1) is 9.67. The summed E-state index contributed by atoms with van der Waals surface area (Å²) in [5.41, 5.74) is 0. The van der Waals surface area contributed by atoms with Crippen LogP contribution in [0.25, 0.3) is 0 Å². The van der Waals surface area contributed by atoms with Crippen LogP contribution < -0.4 is 4.90 Å². The van der Waals surface area contributed by atoms with E-state index in [2.05, 4.69) is 5.10 Å². The maximum Gasteiger partial charge on any atom is 0.228 e. The second-order valence-corrected chi connectivity index (χ2v) is 5.40. The van der Waals surface area contributed by atoms with Crippen molar-refractivity contribution in [1.29, 1.82) is 0 Å². The van der Waals surface area contributed by atoms with Crippen LogP contribution in [-0.2, 0) is 11.3 Å². The largest absolute Gasteiger partial charge is 0.464 e. The molecule has 3 rings (SSSR count). The number of halogens is 1. The molecular weight excluding hydrogens is 278 g/mol. The average molecular weight is 294 g/mol. The summed E-state index contributed by atoms with van der Waals surface area (Å²) in [5, 5.41) is 4.28. The molecule has 0 saturated carbocycles. The van der Waals surface area contributed by atoms with Crippen molar-refractivity contribution < 1.29 is 9.21 Å². The molecule has 3 heterocycles. The highest BCUT2D eigenvalue weighted by Gasteiger charge is 2.31. The van der Waals surface area contributed by atoms with Crippen molar-refractivity contribution in [2.75, 3.05) is 17.3 Å². The van der Waals surface area contributed by atoms with Crippen LogP contribution in [0.4, 0.5) is 5.82 Å². The molecule has 1 amide bonds. The van der Waals surface area contributed by atoms with E-state index in [4.69, 9.17) is 16.0 Å². The number of aryl methyl sites for hydroxylation is 1. The minimum Gasteiger partial charge on any atom is -0.464 e. The number of hydrogen-bond donors (Lipinski definition) is 0. The predicted molar refractivity (Wildman–Crippen MR) is 76.0 cm³/mol. The maximum atomic E-state index is 12.1. The van der Waals surface area contributed by atoms with Gasteiger partial charge in [0, 0.05) is 24.9 Å². The lowest BCUT2D eigenvalue weighted by Gasteiger charge is -2.17. The fourth-order valence-corrected chi connectivity index (χ4v) is 2.71. The number of furan rings is 1. The molecule has 5 nitrogen and oxygen atoms in total. The fourth-order valence-electron chi connectivity index (χ4n) is 2.50. The zero-order valence-corrected chi connectivity index (χ0v) is 12.0. The van der Waals surface area contributed by atoms with Gasteiger partial charge in [0.2, 0.25) is 5.91 Å². The zero-order valence-electron chi connectivity index (χ0n) is 11.3. The van der Waals surface area contributed by atoms with Crippen LogP contribution in [0.5, 0.6) is 0 Å². The van der Waals surface area contributed by atoms with Crippen LogP contribution in [-0.4, -0.2) is 28.1 Å². The number of hydrogen-bond acceptors (Lipinski definition) is 3. The van der Waals surface area contributed by atoms with Crippen molar-refractivity contribution in [1.82, 2.24) is 9.78 Å². The van der Waals surface area contributed by atoms with Gasteiger partial charge in [0.25, 0.3) is 0 Å². The Hall–Kier alpha value is -1.75. The van der Waals surface area contributed by atoms with Gasteiger partial charge in [-0.1, -0.05) is 0 Å². The summed E-state index contributed by atoms with van der Waals surface area (Å²) in [4.78, 5) is 13.8.